The van der Waals surface area contributed by atoms with Crippen LogP contribution >= 0.6 is 11.8 Å². The Morgan fingerprint density at radius 2 is 1.95 bits per heavy atom. The van der Waals surface area contributed by atoms with Crippen LogP contribution in [-0.2, 0) is 0 Å². The third kappa shape index (κ3) is 3.67. The molecule has 0 spiro atoms. The van der Waals surface area contributed by atoms with Crippen LogP contribution in [0.1, 0.15) is 44.2 Å². The van der Waals surface area contributed by atoms with Crippen LogP contribution in [0.3, 0.4) is 0 Å². The van der Waals surface area contributed by atoms with E-state index < -0.39 is 0 Å². The second kappa shape index (κ2) is 7.41. The van der Waals surface area contributed by atoms with Crippen molar-refractivity contribution in [2.45, 2.75) is 43.4 Å². The molecule has 1 N–H and O–H groups in total. The largest absolute Gasteiger partial charge is 0.493 e. The van der Waals surface area contributed by atoms with Crippen molar-refractivity contribution in [2.24, 2.45) is 0 Å². The molecular formula is C17H27NO2S. The molecule has 0 aromatic heterocycles. The summed E-state index contributed by atoms with van der Waals surface area (Å²) in [4.78, 5) is 0. The fraction of sp³-hybridized carbons (Fsp3) is 0.647. The maximum atomic E-state index is 5.41. The molecule has 0 heterocycles. The van der Waals surface area contributed by atoms with Gasteiger partial charge in [0.1, 0.15) is 0 Å². The first-order valence-corrected chi connectivity index (χ1v) is 8.91. The number of hydrogen-bond acceptors (Lipinski definition) is 4. The summed E-state index contributed by atoms with van der Waals surface area (Å²) in [5, 5.41) is 3.75. The van der Waals surface area contributed by atoms with Gasteiger partial charge in [-0.3, -0.25) is 0 Å². The molecule has 118 valence electrons. The van der Waals surface area contributed by atoms with Crippen LogP contribution in [0, 0.1) is 0 Å². The van der Waals surface area contributed by atoms with Gasteiger partial charge in [0.15, 0.2) is 11.5 Å². The molecule has 0 saturated heterocycles. The van der Waals surface area contributed by atoms with Gasteiger partial charge in [0, 0.05) is 17.3 Å². The summed E-state index contributed by atoms with van der Waals surface area (Å²) in [6.07, 6.45) is 7.35. The van der Waals surface area contributed by atoms with Crippen molar-refractivity contribution >= 4 is 11.8 Å². The highest BCUT2D eigenvalue weighted by Crippen LogP contribution is 2.42. The summed E-state index contributed by atoms with van der Waals surface area (Å²) in [5.74, 6) is 1.59. The van der Waals surface area contributed by atoms with Crippen LogP contribution in [0.4, 0.5) is 0 Å². The van der Waals surface area contributed by atoms with Gasteiger partial charge in [-0.2, -0.15) is 11.8 Å². The van der Waals surface area contributed by atoms with Gasteiger partial charge in [-0.05, 0) is 43.2 Å². The van der Waals surface area contributed by atoms with Crippen LogP contribution in [0.2, 0.25) is 0 Å². The van der Waals surface area contributed by atoms with E-state index in [4.69, 9.17) is 9.47 Å². The fourth-order valence-corrected chi connectivity index (χ4v) is 3.83. The first kappa shape index (κ1) is 16.5. The molecule has 1 saturated carbocycles. The lowest BCUT2D eigenvalue weighted by Gasteiger charge is -2.41. The summed E-state index contributed by atoms with van der Waals surface area (Å²) in [6.45, 7) is 3.31. The lowest BCUT2D eigenvalue weighted by Crippen LogP contribution is -2.44. The van der Waals surface area contributed by atoms with Gasteiger partial charge in [0.05, 0.1) is 14.2 Å². The third-order valence-electron chi connectivity index (χ3n) is 4.59. The van der Waals surface area contributed by atoms with E-state index in [9.17, 15) is 0 Å². The third-order valence-corrected chi connectivity index (χ3v) is 6.01. The Morgan fingerprint density at radius 3 is 2.43 bits per heavy atom. The van der Waals surface area contributed by atoms with Crippen LogP contribution in [-0.4, -0.2) is 31.8 Å². The van der Waals surface area contributed by atoms with Crippen molar-refractivity contribution in [3.63, 3.8) is 0 Å². The number of nitrogens with one attached hydrogen (secondary N) is 1. The zero-order valence-electron chi connectivity index (χ0n) is 13.6. The minimum atomic E-state index is 0.370. The van der Waals surface area contributed by atoms with Gasteiger partial charge in [-0.1, -0.05) is 19.4 Å². The quantitative estimate of drug-likeness (QED) is 0.785. The SMILES string of the molecule is CCC(NCC1(SC)CCC1)c1ccc(OC)c(OC)c1. The standard InChI is InChI=1S/C17H27NO2S/c1-5-14(18-12-17(21-4)9-6-10-17)13-7-8-15(19-2)16(11-13)20-3/h7-8,11,14,18H,5-6,9-10,12H2,1-4H3. The van der Waals surface area contributed by atoms with E-state index in [1.807, 2.05) is 17.8 Å². The predicted molar refractivity (Wildman–Crippen MR) is 90.7 cm³/mol. The Hall–Kier alpha value is -0.870. The predicted octanol–water partition coefficient (Wildman–Crippen LogP) is 4.03. The van der Waals surface area contributed by atoms with E-state index in [1.165, 1.54) is 24.8 Å². The molecule has 1 fully saturated rings. The van der Waals surface area contributed by atoms with Crippen LogP contribution in [0.5, 0.6) is 11.5 Å². The number of rotatable bonds is 8. The maximum absolute atomic E-state index is 5.41. The minimum Gasteiger partial charge on any atom is -0.493 e. The second-order valence-corrected chi connectivity index (χ2v) is 6.97. The molecular weight excluding hydrogens is 282 g/mol. The van der Waals surface area contributed by atoms with Gasteiger partial charge >= 0.3 is 0 Å². The normalized spacial score (nSPS) is 17.9. The molecule has 0 amide bonds. The average Bonchev–Trinajstić information content (AvgIpc) is 2.49. The molecule has 1 aromatic rings. The van der Waals surface area contributed by atoms with Crippen molar-refractivity contribution in [3.8, 4) is 11.5 Å². The molecule has 0 bridgehead atoms. The highest BCUT2D eigenvalue weighted by Gasteiger charge is 2.36. The summed E-state index contributed by atoms with van der Waals surface area (Å²) in [5.41, 5.74) is 1.27. The van der Waals surface area contributed by atoms with Crippen LogP contribution < -0.4 is 14.8 Å². The van der Waals surface area contributed by atoms with Crippen LogP contribution in [0.25, 0.3) is 0 Å². The van der Waals surface area contributed by atoms with E-state index in [0.29, 0.717) is 10.8 Å². The van der Waals surface area contributed by atoms with Crippen molar-refractivity contribution in [2.75, 3.05) is 27.0 Å². The van der Waals surface area contributed by atoms with Gasteiger partial charge in [-0.25, -0.2) is 0 Å². The number of hydrogen-bond donors (Lipinski definition) is 1. The molecule has 1 aliphatic rings. The minimum absolute atomic E-state index is 0.370. The molecule has 1 atom stereocenters. The van der Waals surface area contributed by atoms with Gasteiger partial charge in [-0.15, -0.1) is 0 Å². The summed E-state index contributed by atoms with van der Waals surface area (Å²) >= 11 is 2.01. The van der Waals surface area contributed by atoms with Crippen molar-refractivity contribution in [1.29, 1.82) is 0 Å². The van der Waals surface area contributed by atoms with Gasteiger partial charge in [0.2, 0.25) is 0 Å². The zero-order chi connectivity index (χ0) is 15.3. The molecule has 4 heteroatoms. The van der Waals surface area contributed by atoms with Crippen LogP contribution in [0.15, 0.2) is 18.2 Å². The molecule has 1 unspecified atom stereocenters. The smallest absolute Gasteiger partial charge is 0.161 e. The second-order valence-electron chi connectivity index (χ2n) is 5.70. The highest BCUT2D eigenvalue weighted by molar-refractivity contribution is 8.00. The molecule has 0 radical (unpaired) electrons. The van der Waals surface area contributed by atoms with E-state index in [2.05, 4.69) is 30.6 Å². The van der Waals surface area contributed by atoms with E-state index in [-0.39, 0.29) is 0 Å². The van der Waals surface area contributed by atoms with Crippen molar-refractivity contribution < 1.29 is 9.47 Å². The van der Waals surface area contributed by atoms with E-state index in [1.54, 1.807) is 14.2 Å². The monoisotopic (exact) mass is 309 g/mol. The van der Waals surface area contributed by atoms with E-state index >= 15 is 0 Å². The Bertz CT molecular complexity index is 455. The lowest BCUT2D eigenvalue weighted by molar-refractivity contribution is 0.327. The number of ether oxygens (including phenoxy) is 2. The summed E-state index contributed by atoms with van der Waals surface area (Å²) < 4.78 is 11.2. The Morgan fingerprint density at radius 1 is 1.24 bits per heavy atom. The van der Waals surface area contributed by atoms with Crippen molar-refractivity contribution in [1.82, 2.24) is 5.32 Å². The zero-order valence-corrected chi connectivity index (χ0v) is 14.4. The number of benzene rings is 1. The molecule has 3 nitrogen and oxygen atoms in total. The molecule has 1 aromatic carbocycles. The Balaban J connectivity index is 2.06. The average molecular weight is 309 g/mol. The van der Waals surface area contributed by atoms with Gasteiger partial charge in [0.25, 0.3) is 0 Å². The fourth-order valence-electron chi connectivity index (χ4n) is 2.90. The molecule has 21 heavy (non-hydrogen) atoms. The number of thioether (sulfide) groups is 1. The lowest BCUT2D eigenvalue weighted by atomic mass is 9.84. The first-order chi connectivity index (χ1) is 10.2. The molecule has 2 rings (SSSR count). The van der Waals surface area contributed by atoms with E-state index in [0.717, 1.165) is 24.5 Å². The van der Waals surface area contributed by atoms with Crippen molar-refractivity contribution in [3.05, 3.63) is 23.8 Å². The summed E-state index contributed by atoms with van der Waals surface area (Å²) in [7, 11) is 3.36. The molecule has 1 aliphatic carbocycles. The topological polar surface area (TPSA) is 30.5 Å². The maximum Gasteiger partial charge on any atom is 0.161 e. The first-order valence-electron chi connectivity index (χ1n) is 7.68. The Kier molecular flexibility index (Phi) is 5.82. The highest BCUT2D eigenvalue weighted by atomic mass is 32.2. The summed E-state index contributed by atoms with van der Waals surface area (Å²) in [6, 6.07) is 6.59. The molecule has 0 aliphatic heterocycles. The van der Waals surface area contributed by atoms with Gasteiger partial charge < -0.3 is 14.8 Å². The number of methoxy groups -OCH3 is 2. The Labute approximate surface area is 132 Å².